The van der Waals surface area contributed by atoms with Crippen molar-refractivity contribution in [2.45, 2.75) is 19.8 Å². The highest BCUT2D eigenvalue weighted by atomic mass is 14.8. The number of hydrogen-bond donors (Lipinski definition) is 0. The van der Waals surface area contributed by atoms with Gasteiger partial charge in [0, 0.05) is 17.7 Å². The van der Waals surface area contributed by atoms with Crippen molar-refractivity contribution in [3.63, 3.8) is 0 Å². The molecule has 1 aliphatic heterocycles. The van der Waals surface area contributed by atoms with E-state index in [1.807, 2.05) is 0 Å². The maximum absolute atomic E-state index is 4.59. The number of benzene rings is 1. The van der Waals surface area contributed by atoms with Crippen LogP contribution in [-0.2, 0) is 6.42 Å². The van der Waals surface area contributed by atoms with Crippen LogP contribution in [-0.4, -0.2) is 5.71 Å². The number of rotatable bonds is 0. The Morgan fingerprint density at radius 1 is 1.15 bits per heavy atom. The lowest BCUT2D eigenvalue weighted by Gasteiger charge is -2.00. The van der Waals surface area contributed by atoms with Crippen LogP contribution in [0.4, 0.5) is 0 Å². The van der Waals surface area contributed by atoms with Crippen molar-refractivity contribution in [2.75, 3.05) is 0 Å². The van der Waals surface area contributed by atoms with Crippen LogP contribution < -0.4 is 0 Å². The van der Waals surface area contributed by atoms with Gasteiger partial charge >= 0.3 is 0 Å². The molecule has 0 radical (unpaired) electrons. The molecule has 0 amide bonds. The predicted octanol–water partition coefficient (Wildman–Crippen LogP) is 2.82. The van der Waals surface area contributed by atoms with Gasteiger partial charge in [0.05, 0.1) is 5.70 Å². The van der Waals surface area contributed by atoms with Gasteiger partial charge in [-0.05, 0) is 24.5 Å². The summed E-state index contributed by atoms with van der Waals surface area (Å²) in [5.41, 5.74) is 6.84. The van der Waals surface area contributed by atoms with E-state index in [9.17, 15) is 0 Å². The highest BCUT2D eigenvalue weighted by Crippen LogP contribution is 2.38. The third-order valence-electron chi connectivity index (χ3n) is 2.78. The lowest BCUT2D eigenvalue weighted by atomic mass is 10.1. The molecule has 0 unspecified atom stereocenters. The normalized spacial score (nSPS) is 18.7. The highest BCUT2D eigenvalue weighted by molar-refractivity contribution is 5.98. The van der Waals surface area contributed by atoms with Crippen molar-refractivity contribution in [2.24, 2.45) is 4.99 Å². The first-order valence-electron chi connectivity index (χ1n) is 4.69. The lowest BCUT2D eigenvalue weighted by Crippen LogP contribution is -1.91. The number of fused-ring (bicyclic) bond motifs is 2. The first-order chi connectivity index (χ1) is 6.34. The van der Waals surface area contributed by atoms with Gasteiger partial charge in [-0.2, -0.15) is 0 Å². The van der Waals surface area contributed by atoms with Gasteiger partial charge in [0.15, 0.2) is 0 Å². The van der Waals surface area contributed by atoms with Crippen LogP contribution in [0.5, 0.6) is 0 Å². The van der Waals surface area contributed by atoms with Gasteiger partial charge < -0.3 is 0 Å². The number of aliphatic imine (C=N–C) groups is 1. The van der Waals surface area contributed by atoms with E-state index in [1.165, 1.54) is 28.1 Å². The Morgan fingerprint density at radius 2 is 2.00 bits per heavy atom. The molecule has 2 aliphatic rings. The monoisotopic (exact) mass is 169 g/mol. The molecule has 1 heteroatoms. The zero-order valence-corrected chi connectivity index (χ0v) is 7.67. The van der Waals surface area contributed by atoms with Crippen LogP contribution in [0.2, 0.25) is 0 Å². The number of allylic oxidation sites excluding steroid dienone is 1. The van der Waals surface area contributed by atoms with Crippen molar-refractivity contribution in [3.05, 3.63) is 41.0 Å². The minimum Gasteiger partial charge on any atom is -0.257 e. The average molecular weight is 169 g/mol. The standard InChI is InChI=1S/C12H11N/c1-8-6-10-7-9-4-2-3-5-11(9)12(10)13-8/h2-5H,6-7H2,1H3. The maximum Gasteiger partial charge on any atom is 0.0703 e. The molecule has 0 fully saturated rings. The quantitative estimate of drug-likeness (QED) is 0.566. The third-order valence-corrected chi connectivity index (χ3v) is 2.78. The predicted molar refractivity (Wildman–Crippen MR) is 54.8 cm³/mol. The van der Waals surface area contributed by atoms with E-state index in [1.54, 1.807) is 0 Å². The van der Waals surface area contributed by atoms with E-state index in [0.29, 0.717) is 0 Å². The van der Waals surface area contributed by atoms with Crippen LogP contribution in [0.25, 0.3) is 5.70 Å². The Hall–Kier alpha value is -1.37. The Kier molecular flexibility index (Phi) is 1.26. The molecule has 1 heterocycles. The van der Waals surface area contributed by atoms with E-state index in [2.05, 4.69) is 36.2 Å². The van der Waals surface area contributed by atoms with Crippen LogP contribution in [0, 0.1) is 0 Å². The van der Waals surface area contributed by atoms with Gasteiger partial charge in [0.2, 0.25) is 0 Å². The van der Waals surface area contributed by atoms with Gasteiger partial charge in [0.25, 0.3) is 0 Å². The van der Waals surface area contributed by atoms with E-state index in [4.69, 9.17) is 0 Å². The molecule has 64 valence electrons. The topological polar surface area (TPSA) is 12.4 Å². The molecule has 13 heavy (non-hydrogen) atoms. The van der Waals surface area contributed by atoms with E-state index < -0.39 is 0 Å². The van der Waals surface area contributed by atoms with Crippen LogP contribution in [0.1, 0.15) is 24.5 Å². The molecular weight excluding hydrogens is 158 g/mol. The summed E-state index contributed by atoms with van der Waals surface area (Å²) in [4.78, 5) is 4.59. The fourth-order valence-corrected chi connectivity index (χ4v) is 2.23. The summed E-state index contributed by atoms with van der Waals surface area (Å²) < 4.78 is 0. The van der Waals surface area contributed by atoms with E-state index in [-0.39, 0.29) is 0 Å². The molecule has 3 rings (SSSR count). The fraction of sp³-hybridized carbons (Fsp3) is 0.250. The van der Waals surface area contributed by atoms with Gasteiger partial charge in [-0.3, -0.25) is 4.99 Å². The molecule has 0 saturated carbocycles. The van der Waals surface area contributed by atoms with Gasteiger partial charge in [-0.15, -0.1) is 0 Å². The Bertz CT molecular complexity index is 438. The lowest BCUT2D eigenvalue weighted by molar-refractivity contribution is 1.14. The molecule has 0 aromatic heterocycles. The summed E-state index contributed by atoms with van der Waals surface area (Å²) in [5, 5.41) is 0. The molecule has 1 aromatic carbocycles. The van der Waals surface area contributed by atoms with E-state index in [0.717, 1.165) is 12.8 Å². The second kappa shape index (κ2) is 2.32. The molecule has 0 atom stereocenters. The molecule has 1 aliphatic carbocycles. The summed E-state index contributed by atoms with van der Waals surface area (Å²) in [7, 11) is 0. The average Bonchev–Trinajstić information content (AvgIpc) is 2.60. The first kappa shape index (κ1) is 7.07. The molecule has 0 saturated heterocycles. The minimum absolute atomic E-state index is 1.09. The fourth-order valence-electron chi connectivity index (χ4n) is 2.23. The molecule has 1 aromatic rings. The van der Waals surface area contributed by atoms with Crippen molar-refractivity contribution in [1.82, 2.24) is 0 Å². The summed E-state index contributed by atoms with van der Waals surface area (Å²) in [6.45, 7) is 2.11. The zero-order valence-electron chi connectivity index (χ0n) is 7.67. The Morgan fingerprint density at radius 3 is 2.92 bits per heavy atom. The second-order valence-electron chi connectivity index (χ2n) is 3.81. The highest BCUT2D eigenvalue weighted by Gasteiger charge is 2.24. The summed E-state index contributed by atoms with van der Waals surface area (Å²) >= 11 is 0. The summed E-state index contributed by atoms with van der Waals surface area (Å²) in [6.07, 6.45) is 2.20. The Balaban J connectivity index is 2.18. The van der Waals surface area contributed by atoms with Gasteiger partial charge in [-0.25, -0.2) is 0 Å². The second-order valence-corrected chi connectivity index (χ2v) is 3.81. The molecule has 1 nitrogen and oxygen atoms in total. The van der Waals surface area contributed by atoms with Crippen LogP contribution in [0.3, 0.4) is 0 Å². The summed E-state index contributed by atoms with van der Waals surface area (Å²) in [5.74, 6) is 0. The molecule has 0 spiro atoms. The third kappa shape index (κ3) is 0.902. The number of nitrogens with zero attached hydrogens (tertiary/aromatic N) is 1. The van der Waals surface area contributed by atoms with E-state index >= 15 is 0 Å². The molecule has 0 bridgehead atoms. The van der Waals surface area contributed by atoms with Crippen molar-refractivity contribution in [3.8, 4) is 0 Å². The minimum atomic E-state index is 1.09. The SMILES string of the molecule is CC1=NC2=C(C1)Cc1ccccc12. The first-order valence-corrected chi connectivity index (χ1v) is 4.69. The van der Waals surface area contributed by atoms with Crippen molar-refractivity contribution in [1.29, 1.82) is 0 Å². The van der Waals surface area contributed by atoms with Crippen LogP contribution in [0.15, 0.2) is 34.8 Å². The molecular formula is C12H11N. The number of hydrogen-bond acceptors (Lipinski definition) is 1. The summed E-state index contributed by atoms with van der Waals surface area (Å²) in [6, 6.07) is 8.59. The Labute approximate surface area is 77.8 Å². The van der Waals surface area contributed by atoms with Crippen molar-refractivity contribution >= 4 is 11.4 Å². The maximum atomic E-state index is 4.59. The largest absolute Gasteiger partial charge is 0.257 e. The van der Waals surface area contributed by atoms with Crippen molar-refractivity contribution < 1.29 is 0 Å². The van der Waals surface area contributed by atoms with Gasteiger partial charge in [0.1, 0.15) is 0 Å². The van der Waals surface area contributed by atoms with Crippen LogP contribution >= 0.6 is 0 Å². The zero-order chi connectivity index (χ0) is 8.84. The smallest absolute Gasteiger partial charge is 0.0703 e. The van der Waals surface area contributed by atoms with Gasteiger partial charge in [-0.1, -0.05) is 24.3 Å². The molecule has 0 N–H and O–H groups in total.